The van der Waals surface area contributed by atoms with Crippen molar-refractivity contribution in [3.8, 4) is 0 Å². The van der Waals surface area contributed by atoms with Crippen molar-refractivity contribution in [2.45, 2.75) is 25.8 Å². The highest BCUT2D eigenvalue weighted by molar-refractivity contribution is 5.77. The van der Waals surface area contributed by atoms with Crippen LogP contribution in [0.25, 0.3) is 0 Å². The molecular formula is C14H17N3O4. The minimum absolute atomic E-state index is 0.0559. The summed E-state index contributed by atoms with van der Waals surface area (Å²) in [6, 6.07) is 1.57. The van der Waals surface area contributed by atoms with E-state index < -0.39 is 0 Å². The van der Waals surface area contributed by atoms with Gasteiger partial charge in [-0.2, -0.15) is 4.98 Å². The molecule has 0 bridgehead atoms. The van der Waals surface area contributed by atoms with E-state index in [0.717, 1.165) is 5.56 Å². The Bertz CT molecular complexity index is 593. The first-order valence-corrected chi connectivity index (χ1v) is 6.92. The minimum Gasteiger partial charge on any atom is -0.472 e. The average Bonchev–Trinajstić information content (AvgIpc) is 3.16. The van der Waals surface area contributed by atoms with E-state index in [1.807, 2.05) is 6.07 Å². The van der Waals surface area contributed by atoms with E-state index in [-0.39, 0.29) is 11.9 Å². The molecule has 7 heteroatoms. The molecule has 21 heavy (non-hydrogen) atoms. The van der Waals surface area contributed by atoms with Gasteiger partial charge in [-0.3, -0.25) is 4.79 Å². The van der Waals surface area contributed by atoms with Crippen molar-refractivity contribution < 1.29 is 18.5 Å². The summed E-state index contributed by atoms with van der Waals surface area (Å²) in [5.74, 6) is 1.05. The van der Waals surface area contributed by atoms with Crippen LogP contribution in [0.5, 0.6) is 0 Å². The van der Waals surface area contributed by atoms with Gasteiger partial charge in [0.1, 0.15) is 6.04 Å². The molecule has 112 valence electrons. The Hall–Kier alpha value is -2.15. The molecule has 0 aliphatic carbocycles. The van der Waals surface area contributed by atoms with Crippen LogP contribution in [0.15, 0.2) is 27.5 Å². The molecule has 3 rings (SSSR count). The van der Waals surface area contributed by atoms with Crippen LogP contribution >= 0.6 is 0 Å². The second-order valence-corrected chi connectivity index (χ2v) is 4.99. The zero-order valence-electron chi connectivity index (χ0n) is 11.8. The number of furan rings is 1. The number of nitrogens with zero attached hydrogens (tertiary/aromatic N) is 3. The predicted octanol–water partition coefficient (Wildman–Crippen LogP) is 1.50. The number of ether oxygens (including phenoxy) is 1. The molecule has 1 amide bonds. The zero-order valence-corrected chi connectivity index (χ0v) is 11.8. The fraction of sp³-hybridized carbons (Fsp3) is 0.500. The van der Waals surface area contributed by atoms with Crippen LogP contribution in [0.1, 0.15) is 29.7 Å². The number of carbonyl (C=O) groups excluding carboxylic acids is 1. The van der Waals surface area contributed by atoms with Gasteiger partial charge < -0.3 is 18.6 Å². The van der Waals surface area contributed by atoms with Gasteiger partial charge in [-0.15, -0.1) is 0 Å². The van der Waals surface area contributed by atoms with Gasteiger partial charge in [0.2, 0.25) is 5.91 Å². The monoisotopic (exact) mass is 291 g/mol. The third kappa shape index (κ3) is 3.13. The summed E-state index contributed by atoms with van der Waals surface area (Å²) in [6.07, 6.45) is 4.34. The lowest BCUT2D eigenvalue weighted by Gasteiger charge is -2.33. The smallest absolute Gasteiger partial charge is 0.251 e. The van der Waals surface area contributed by atoms with E-state index >= 15 is 0 Å². The normalized spacial score (nSPS) is 18.9. The van der Waals surface area contributed by atoms with Crippen molar-refractivity contribution in [1.82, 2.24) is 15.0 Å². The molecule has 1 fully saturated rings. The number of rotatable bonds is 4. The van der Waals surface area contributed by atoms with Crippen molar-refractivity contribution >= 4 is 5.91 Å². The summed E-state index contributed by atoms with van der Waals surface area (Å²) >= 11 is 0. The van der Waals surface area contributed by atoms with Crippen molar-refractivity contribution in [3.05, 3.63) is 35.9 Å². The number of hydrogen-bond donors (Lipinski definition) is 0. The summed E-state index contributed by atoms with van der Waals surface area (Å²) < 4.78 is 15.6. The van der Waals surface area contributed by atoms with Crippen LogP contribution in [-0.2, 0) is 16.0 Å². The first kappa shape index (κ1) is 13.8. The average molecular weight is 291 g/mol. The van der Waals surface area contributed by atoms with E-state index in [2.05, 4.69) is 10.1 Å². The van der Waals surface area contributed by atoms with E-state index in [1.54, 1.807) is 24.3 Å². The molecule has 3 heterocycles. The fourth-order valence-corrected chi connectivity index (χ4v) is 2.39. The number of morpholine rings is 1. The lowest BCUT2D eigenvalue weighted by atomic mass is 10.1. The predicted molar refractivity (Wildman–Crippen MR) is 71.3 cm³/mol. The number of aryl methyl sites for hydroxylation is 2. The Balaban J connectivity index is 1.67. The number of amides is 1. The molecule has 0 aromatic carbocycles. The summed E-state index contributed by atoms with van der Waals surface area (Å²) in [7, 11) is 0. The summed E-state index contributed by atoms with van der Waals surface area (Å²) in [5, 5.41) is 3.78. The molecule has 1 aliphatic heterocycles. The van der Waals surface area contributed by atoms with Gasteiger partial charge in [-0.25, -0.2) is 0 Å². The van der Waals surface area contributed by atoms with E-state index in [9.17, 15) is 4.79 Å². The zero-order chi connectivity index (χ0) is 14.7. The molecule has 2 aromatic rings. The van der Waals surface area contributed by atoms with Crippen molar-refractivity contribution in [1.29, 1.82) is 0 Å². The summed E-state index contributed by atoms with van der Waals surface area (Å²) in [6.45, 7) is 3.21. The largest absolute Gasteiger partial charge is 0.472 e. The van der Waals surface area contributed by atoms with Crippen molar-refractivity contribution in [3.63, 3.8) is 0 Å². The molecule has 1 saturated heterocycles. The highest BCUT2D eigenvalue weighted by Crippen LogP contribution is 2.24. The van der Waals surface area contributed by atoms with Crippen LogP contribution in [0.2, 0.25) is 0 Å². The Morgan fingerprint density at radius 2 is 2.43 bits per heavy atom. The van der Waals surface area contributed by atoms with Gasteiger partial charge >= 0.3 is 0 Å². The first-order chi connectivity index (χ1) is 10.2. The standard InChI is InChI=1S/C14H17N3O4/c1-10-15-14(21-16-10)12-9-20-7-5-17(12)13(18)3-2-11-4-6-19-8-11/h4,6,8,12H,2-3,5,7,9H2,1H3/t12-/m1/s1. The summed E-state index contributed by atoms with van der Waals surface area (Å²) in [5.41, 5.74) is 1.02. The van der Waals surface area contributed by atoms with Gasteiger partial charge in [0.15, 0.2) is 5.82 Å². The molecular weight excluding hydrogens is 274 g/mol. The van der Waals surface area contributed by atoms with Crippen LogP contribution in [-0.4, -0.2) is 40.7 Å². The molecule has 2 aromatic heterocycles. The lowest BCUT2D eigenvalue weighted by Crippen LogP contribution is -2.43. The third-order valence-electron chi connectivity index (χ3n) is 3.48. The maximum absolute atomic E-state index is 12.4. The van der Waals surface area contributed by atoms with E-state index in [1.165, 1.54) is 0 Å². The second kappa shape index (κ2) is 6.09. The molecule has 1 atom stereocenters. The maximum Gasteiger partial charge on any atom is 0.251 e. The molecule has 1 aliphatic rings. The Labute approximate surface area is 121 Å². The first-order valence-electron chi connectivity index (χ1n) is 6.92. The SMILES string of the molecule is Cc1noc([C@H]2COCCN2C(=O)CCc2ccoc2)n1. The molecule has 0 radical (unpaired) electrons. The number of aromatic nitrogens is 2. The molecule has 0 spiro atoms. The van der Waals surface area contributed by atoms with Gasteiger partial charge in [0, 0.05) is 13.0 Å². The Kier molecular flexibility index (Phi) is 4.01. The van der Waals surface area contributed by atoms with Crippen molar-refractivity contribution in [2.24, 2.45) is 0 Å². The van der Waals surface area contributed by atoms with Gasteiger partial charge in [-0.1, -0.05) is 5.16 Å². The minimum atomic E-state index is -0.295. The highest BCUT2D eigenvalue weighted by Gasteiger charge is 2.32. The topological polar surface area (TPSA) is 81.6 Å². The third-order valence-corrected chi connectivity index (χ3v) is 3.48. The van der Waals surface area contributed by atoms with Gasteiger partial charge in [-0.05, 0) is 25.0 Å². The quantitative estimate of drug-likeness (QED) is 0.849. The highest BCUT2D eigenvalue weighted by atomic mass is 16.5. The van der Waals surface area contributed by atoms with Crippen LogP contribution in [0, 0.1) is 6.92 Å². The fourth-order valence-electron chi connectivity index (χ4n) is 2.39. The lowest BCUT2D eigenvalue weighted by molar-refractivity contribution is -0.141. The van der Waals surface area contributed by atoms with Crippen molar-refractivity contribution in [2.75, 3.05) is 19.8 Å². The van der Waals surface area contributed by atoms with Gasteiger partial charge in [0.25, 0.3) is 5.89 Å². The van der Waals surface area contributed by atoms with Crippen LogP contribution in [0.4, 0.5) is 0 Å². The van der Waals surface area contributed by atoms with E-state index in [0.29, 0.717) is 44.3 Å². The molecule has 0 saturated carbocycles. The number of hydrogen-bond acceptors (Lipinski definition) is 6. The molecule has 7 nitrogen and oxygen atoms in total. The Morgan fingerprint density at radius 3 is 3.14 bits per heavy atom. The number of carbonyl (C=O) groups is 1. The second-order valence-electron chi connectivity index (χ2n) is 4.99. The van der Waals surface area contributed by atoms with Crippen LogP contribution < -0.4 is 0 Å². The Morgan fingerprint density at radius 1 is 1.52 bits per heavy atom. The van der Waals surface area contributed by atoms with Crippen LogP contribution in [0.3, 0.4) is 0 Å². The summed E-state index contributed by atoms with van der Waals surface area (Å²) in [4.78, 5) is 18.4. The molecule has 0 unspecified atom stereocenters. The maximum atomic E-state index is 12.4. The molecule has 0 N–H and O–H groups in total. The van der Waals surface area contributed by atoms with E-state index in [4.69, 9.17) is 13.7 Å². The van der Waals surface area contributed by atoms with Gasteiger partial charge in [0.05, 0.1) is 25.7 Å².